The number of carbonyl (C=O) groups is 1. The predicted molar refractivity (Wildman–Crippen MR) is 153 cm³/mol. The fourth-order valence-corrected chi connectivity index (χ4v) is 5.81. The Kier molecular flexibility index (Phi) is 8.18. The lowest BCUT2D eigenvalue weighted by Gasteiger charge is -2.12. The molecule has 4 aromatic rings. The summed E-state index contributed by atoms with van der Waals surface area (Å²) < 4.78 is 7.76. The Balaban J connectivity index is 1.44. The van der Waals surface area contributed by atoms with Crippen LogP contribution in [0.25, 0.3) is 10.8 Å². The third-order valence-electron chi connectivity index (χ3n) is 4.90. The van der Waals surface area contributed by atoms with Gasteiger partial charge in [-0.2, -0.15) is 5.10 Å². The smallest absolute Gasteiger partial charge is 0.275 e. The first-order chi connectivity index (χ1) is 16.3. The Morgan fingerprint density at radius 1 is 1.00 bits per heavy atom. The lowest BCUT2D eigenvalue weighted by molar-refractivity contribution is 0.0952. The van der Waals surface area contributed by atoms with Crippen LogP contribution < -0.4 is 10.2 Å². The molecule has 0 unspecified atom stereocenters. The summed E-state index contributed by atoms with van der Waals surface area (Å²) in [7, 11) is 0. The van der Waals surface area contributed by atoms with E-state index in [4.69, 9.17) is 27.9 Å². The lowest BCUT2D eigenvalue weighted by Crippen LogP contribution is -2.17. The summed E-state index contributed by atoms with van der Waals surface area (Å²) in [4.78, 5) is 12.5. The van der Waals surface area contributed by atoms with Crippen LogP contribution in [-0.2, 0) is 6.61 Å². The van der Waals surface area contributed by atoms with Gasteiger partial charge in [-0.15, -0.1) is 0 Å². The number of nitrogens with zero attached hydrogens (tertiary/aromatic N) is 1. The first-order valence-electron chi connectivity index (χ1n) is 9.93. The number of halogens is 4. The largest absolute Gasteiger partial charge is 0.507 e. The molecule has 4 rings (SSSR count). The van der Waals surface area contributed by atoms with Crippen molar-refractivity contribution in [2.24, 2.45) is 5.10 Å². The zero-order valence-corrected chi connectivity index (χ0v) is 23.2. The number of ether oxygens (including phenoxy) is 1. The van der Waals surface area contributed by atoms with E-state index in [0.717, 1.165) is 34.8 Å². The quantitative estimate of drug-likeness (QED) is 0.124. The molecule has 0 aliphatic rings. The highest BCUT2D eigenvalue weighted by atomic mass is 127. The van der Waals surface area contributed by atoms with Gasteiger partial charge in [0.1, 0.15) is 18.1 Å². The number of hydrogen-bond donors (Lipinski definition) is 2. The van der Waals surface area contributed by atoms with E-state index in [0.29, 0.717) is 16.7 Å². The second kappa shape index (κ2) is 11.1. The van der Waals surface area contributed by atoms with Gasteiger partial charge in [0, 0.05) is 15.6 Å². The topological polar surface area (TPSA) is 70.9 Å². The number of hydrazone groups is 1. The lowest BCUT2D eigenvalue weighted by atomic mass is 10.1. The number of hydrogen-bond acceptors (Lipinski definition) is 4. The van der Waals surface area contributed by atoms with Crippen molar-refractivity contribution in [1.82, 2.24) is 5.43 Å². The van der Waals surface area contributed by atoms with E-state index in [2.05, 4.69) is 55.7 Å². The van der Waals surface area contributed by atoms with Gasteiger partial charge in [-0.25, -0.2) is 5.43 Å². The maximum absolute atomic E-state index is 12.5. The van der Waals surface area contributed by atoms with Gasteiger partial charge in [0.05, 0.1) is 18.9 Å². The highest BCUT2D eigenvalue weighted by Gasteiger charge is 2.13. The molecular weight excluding hydrogens is 701 g/mol. The van der Waals surface area contributed by atoms with E-state index in [1.54, 1.807) is 30.5 Å². The molecule has 172 valence electrons. The predicted octanol–water partition coefficient (Wildman–Crippen LogP) is 7.40. The van der Waals surface area contributed by atoms with Crippen LogP contribution in [0, 0.1) is 7.14 Å². The molecule has 0 aromatic heterocycles. The molecular formula is C25H16Cl2I2N2O3. The Hall–Kier alpha value is -2.08. The molecule has 0 heterocycles. The highest BCUT2D eigenvalue weighted by Crippen LogP contribution is 2.31. The van der Waals surface area contributed by atoms with Crippen LogP contribution in [0.15, 0.2) is 71.8 Å². The summed E-state index contributed by atoms with van der Waals surface area (Å²) in [5.74, 6) is 0.135. The van der Waals surface area contributed by atoms with Crippen molar-refractivity contribution < 1.29 is 14.6 Å². The summed E-state index contributed by atoms with van der Waals surface area (Å²) in [6.07, 6.45) is 1.54. The summed E-state index contributed by atoms with van der Waals surface area (Å²) in [5.41, 5.74) is 4.25. The Morgan fingerprint density at radius 3 is 2.35 bits per heavy atom. The number of aromatic hydroxyl groups is 1. The fraction of sp³-hybridized carbons (Fsp3) is 0.0400. The molecule has 2 N–H and O–H groups in total. The van der Waals surface area contributed by atoms with Gasteiger partial charge in [-0.3, -0.25) is 4.79 Å². The van der Waals surface area contributed by atoms with Gasteiger partial charge in [0.15, 0.2) is 0 Å². The van der Waals surface area contributed by atoms with Gasteiger partial charge in [-0.1, -0.05) is 53.5 Å². The number of phenolic OH excluding ortho intramolecular Hbond substituents is 1. The molecule has 4 aromatic carbocycles. The Labute approximate surface area is 233 Å². The number of carbonyl (C=O) groups excluding carboxylic acids is 1. The van der Waals surface area contributed by atoms with E-state index >= 15 is 0 Å². The molecule has 1 amide bonds. The molecule has 0 atom stereocenters. The van der Waals surface area contributed by atoms with Gasteiger partial charge >= 0.3 is 0 Å². The molecule has 0 radical (unpaired) electrons. The van der Waals surface area contributed by atoms with Crippen LogP contribution >= 0.6 is 68.4 Å². The second-order valence-corrected chi connectivity index (χ2v) is 10.4. The zero-order valence-electron chi connectivity index (χ0n) is 17.4. The Bertz CT molecular complexity index is 1400. The van der Waals surface area contributed by atoms with E-state index in [-0.39, 0.29) is 11.3 Å². The van der Waals surface area contributed by atoms with E-state index < -0.39 is 5.91 Å². The van der Waals surface area contributed by atoms with Crippen LogP contribution in [0.2, 0.25) is 10.0 Å². The summed E-state index contributed by atoms with van der Waals surface area (Å²) >= 11 is 16.6. The summed E-state index contributed by atoms with van der Waals surface area (Å²) in [6.45, 7) is 0.306. The van der Waals surface area contributed by atoms with Crippen LogP contribution in [0.4, 0.5) is 0 Å². The molecule has 0 aliphatic heterocycles. The normalized spacial score (nSPS) is 11.2. The maximum atomic E-state index is 12.5. The summed E-state index contributed by atoms with van der Waals surface area (Å²) in [5, 5.41) is 17.1. The minimum Gasteiger partial charge on any atom is -0.507 e. The highest BCUT2D eigenvalue weighted by molar-refractivity contribution is 14.1. The number of fused-ring (bicyclic) bond motifs is 1. The third kappa shape index (κ3) is 5.94. The minimum absolute atomic E-state index is 0.0993. The molecule has 0 aliphatic carbocycles. The molecule has 9 heteroatoms. The summed E-state index contributed by atoms with van der Waals surface area (Å²) in [6, 6.07) is 19.8. The van der Waals surface area contributed by atoms with Crippen LogP contribution in [0.1, 0.15) is 21.5 Å². The number of phenols is 1. The standard InChI is InChI=1S/C25H16Cl2I2N2O3/c26-18-6-5-17(20(27)11-18)13-34-24-21(28)7-14(8-22(24)29)12-30-31-25(33)19-9-15-3-1-2-4-16(15)10-23(19)32/h1-12,32H,13H2,(H,31,33). The van der Waals surface area contributed by atoms with Crippen LogP contribution in [0.3, 0.4) is 0 Å². The SMILES string of the molecule is O=C(NN=Cc1cc(I)c(OCc2ccc(Cl)cc2Cl)c(I)c1)c1cc2ccccc2cc1O. The molecule has 0 fully saturated rings. The first-order valence-corrected chi connectivity index (χ1v) is 12.8. The van der Waals surface area contributed by atoms with E-state index in [1.165, 1.54) is 0 Å². The van der Waals surface area contributed by atoms with Crippen LogP contribution in [-0.4, -0.2) is 17.2 Å². The van der Waals surface area contributed by atoms with Crippen molar-refractivity contribution in [3.8, 4) is 11.5 Å². The van der Waals surface area contributed by atoms with E-state index in [1.807, 2.05) is 42.5 Å². The maximum Gasteiger partial charge on any atom is 0.275 e. The fourth-order valence-electron chi connectivity index (χ4n) is 3.22. The van der Waals surface area contributed by atoms with Crippen molar-refractivity contribution >= 4 is 91.3 Å². The van der Waals surface area contributed by atoms with Crippen molar-refractivity contribution in [2.75, 3.05) is 0 Å². The van der Waals surface area contributed by atoms with Crippen molar-refractivity contribution in [3.63, 3.8) is 0 Å². The number of amides is 1. The van der Waals surface area contributed by atoms with Gasteiger partial charge in [0.2, 0.25) is 0 Å². The number of rotatable bonds is 6. The molecule has 34 heavy (non-hydrogen) atoms. The molecule has 0 spiro atoms. The third-order valence-corrected chi connectivity index (χ3v) is 7.09. The van der Waals surface area contributed by atoms with Gasteiger partial charge < -0.3 is 9.84 Å². The monoisotopic (exact) mass is 716 g/mol. The van der Waals surface area contributed by atoms with Crippen molar-refractivity contribution in [3.05, 3.63) is 101 Å². The molecule has 0 saturated carbocycles. The zero-order chi connectivity index (χ0) is 24.2. The average Bonchev–Trinajstić information content (AvgIpc) is 2.79. The Morgan fingerprint density at radius 2 is 1.68 bits per heavy atom. The minimum atomic E-state index is -0.497. The van der Waals surface area contributed by atoms with Crippen molar-refractivity contribution in [2.45, 2.75) is 6.61 Å². The molecule has 0 bridgehead atoms. The number of benzene rings is 4. The van der Waals surface area contributed by atoms with Gasteiger partial charge in [0.25, 0.3) is 5.91 Å². The molecule has 0 saturated heterocycles. The van der Waals surface area contributed by atoms with E-state index in [9.17, 15) is 9.90 Å². The second-order valence-electron chi connectivity index (χ2n) is 7.25. The van der Waals surface area contributed by atoms with Crippen LogP contribution in [0.5, 0.6) is 11.5 Å². The van der Waals surface area contributed by atoms with Gasteiger partial charge in [-0.05, 0) is 97.9 Å². The van der Waals surface area contributed by atoms with Crippen molar-refractivity contribution in [1.29, 1.82) is 0 Å². The first kappa shape index (κ1) is 25.0. The number of nitrogens with one attached hydrogen (secondary N) is 1. The molecule has 5 nitrogen and oxygen atoms in total. The average molecular weight is 717 g/mol.